The highest BCUT2D eigenvalue weighted by atomic mass is 16.7. The van der Waals surface area contributed by atoms with Crippen molar-refractivity contribution in [3.8, 4) is 0 Å². The van der Waals surface area contributed by atoms with E-state index in [-0.39, 0.29) is 0 Å². The molecule has 3 nitrogen and oxygen atoms in total. The molecule has 19 heavy (non-hydrogen) atoms. The number of benzene rings is 1. The van der Waals surface area contributed by atoms with Crippen LogP contribution in [0.1, 0.15) is 30.7 Å². The number of hydrogen-bond acceptors (Lipinski definition) is 2. The van der Waals surface area contributed by atoms with Gasteiger partial charge < -0.3 is 5.11 Å². The molecule has 0 fully saturated rings. The largest absolute Gasteiger partial charge is 0.371 e. The summed E-state index contributed by atoms with van der Waals surface area (Å²) in [6.45, 7) is 5.81. The summed E-state index contributed by atoms with van der Waals surface area (Å²) in [6.07, 6.45) is 1.90. The lowest BCUT2D eigenvalue weighted by Crippen LogP contribution is -2.50. The lowest BCUT2D eigenvalue weighted by atomic mass is 9.78. The Morgan fingerprint density at radius 1 is 1.05 bits per heavy atom. The highest BCUT2D eigenvalue weighted by Crippen LogP contribution is 2.41. The van der Waals surface area contributed by atoms with E-state index >= 15 is 0 Å². The molecular formula is C16H18NO2+. The van der Waals surface area contributed by atoms with Gasteiger partial charge in [0.15, 0.2) is 0 Å². The monoisotopic (exact) mass is 256 g/mol. The Hall–Kier alpha value is -1.87. The molecule has 1 N–H and O–H groups in total. The van der Waals surface area contributed by atoms with Crippen LogP contribution in [0, 0.1) is 6.92 Å². The first-order valence-electron chi connectivity index (χ1n) is 6.45. The van der Waals surface area contributed by atoms with Crippen LogP contribution in [0.15, 0.2) is 48.7 Å². The topological polar surface area (TPSA) is 33.3 Å². The lowest BCUT2D eigenvalue weighted by Gasteiger charge is -2.28. The number of rotatable bonds is 1. The van der Waals surface area contributed by atoms with Gasteiger partial charge in [-0.05, 0) is 32.4 Å². The average Bonchev–Trinajstić information content (AvgIpc) is 2.58. The van der Waals surface area contributed by atoms with Gasteiger partial charge in [-0.1, -0.05) is 30.3 Å². The third kappa shape index (κ3) is 1.58. The first-order chi connectivity index (χ1) is 8.95. The summed E-state index contributed by atoms with van der Waals surface area (Å²) in [7, 11) is 0. The molecule has 0 amide bonds. The van der Waals surface area contributed by atoms with Crippen molar-refractivity contribution in [2.45, 2.75) is 32.0 Å². The van der Waals surface area contributed by atoms with Crippen molar-refractivity contribution in [3.05, 3.63) is 65.5 Å². The molecule has 0 spiro atoms. The maximum atomic E-state index is 11.3. The molecule has 98 valence electrons. The smallest absolute Gasteiger partial charge is 0.274 e. The SMILES string of the molecule is Cc1ccc2[n+](c1)OC(C)(C)C2(O)c1ccccc1. The van der Waals surface area contributed by atoms with Crippen molar-refractivity contribution in [1.82, 2.24) is 0 Å². The van der Waals surface area contributed by atoms with E-state index in [0.717, 1.165) is 16.8 Å². The summed E-state index contributed by atoms with van der Waals surface area (Å²) in [4.78, 5) is 5.91. The first kappa shape index (κ1) is 12.2. The van der Waals surface area contributed by atoms with Crippen LogP contribution in [0.25, 0.3) is 0 Å². The molecule has 1 aliphatic rings. The zero-order valence-electron chi connectivity index (χ0n) is 11.4. The van der Waals surface area contributed by atoms with Gasteiger partial charge in [0.05, 0.1) is 0 Å². The van der Waals surface area contributed by atoms with Gasteiger partial charge in [0.2, 0.25) is 17.4 Å². The summed E-state index contributed by atoms with van der Waals surface area (Å²) in [5, 5.41) is 11.3. The maximum absolute atomic E-state index is 11.3. The van der Waals surface area contributed by atoms with E-state index in [0.29, 0.717) is 0 Å². The molecule has 3 heteroatoms. The minimum Gasteiger partial charge on any atom is -0.371 e. The van der Waals surface area contributed by atoms with Crippen LogP contribution in [0.4, 0.5) is 0 Å². The van der Waals surface area contributed by atoms with Crippen molar-refractivity contribution >= 4 is 0 Å². The normalized spacial score (nSPS) is 23.8. The maximum Gasteiger partial charge on any atom is 0.274 e. The van der Waals surface area contributed by atoms with Crippen molar-refractivity contribution in [3.63, 3.8) is 0 Å². The van der Waals surface area contributed by atoms with E-state index < -0.39 is 11.2 Å². The second kappa shape index (κ2) is 3.81. The third-order valence-corrected chi connectivity index (χ3v) is 3.82. The lowest BCUT2D eigenvalue weighted by molar-refractivity contribution is -0.893. The standard InChI is InChI=1S/C16H18NO2/c1-12-9-10-14-16(18,13-7-5-4-6-8-13)15(2,3)19-17(14)11-12/h4-11,18H,1-3H3/q+1. The Kier molecular flexibility index (Phi) is 2.44. The summed E-state index contributed by atoms with van der Waals surface area (Å²) in [5.74, 6) is 0. The molecule has 0 bridgehead atoms. The molecule has 0 saturated carbocycles. The number of aliphatic hydroxyl groups is 1. The van der Waals surface area contributed by atoms with Crippen molar-refractivity contribution in [2.75, 3.05) is 0 Å². The Labute approximate surface area is 113 Å². The number of aromatic nitrogens is 1. The van der Waals surface area contributed by atoms with Crippen LogP contribution in [0.2, 0.25) is 0 Å². The van der Waals surface area contributed by atoms with E-state index in [1.165, 1.54) is 0 Å². The fraction of sp³-hybridized carbons (Fsp3) is 0.312. The first-order valence-corrected chi connectivity index (χ1v) is 6.45. The fourth-order valence-corrected chi connectivity index (χ4v) is 2.73. The fourth-order valence-electron chi connectivity index (χ4n) is 2.73. The van der Waals surface area contributed by atoms with Crippen molar-refractivity contribution in [2.24, 2.45) is 0 Å². The Bertz CT molecular complexity index is 622. The summed E-state index contributed by atoms with van der Waals surface area (Å²) in [5.41, 5.74) is 0.818. The van der Waals surface area contributed by atoms with Crippen molar-refractivity contribution in [1.29, 1.82) is 0 Å². The third-order valence-electron chi connectivity index (χ3n) is 3.82. The average molecular weight is 256 g/mol. The van der Waals surface area contributed by atoms with E-state index in [1.807, 2.05) is 69.4 Å². The highest BCUT2D eigenvalue weighted by molar-refractivity contribution is 5.35. The van der Waals surface area contributed by atoms with Crippen LogP contribution in [0.5, 0.6) is 0 Å². The number of aryl methyl sites for hydroxylation is 1. The second-order valence-corrected chi connectivity index (χ2v) is 5.60. The van der Waals surface area contributed by atoms with E-state index in [2.05, 4.69) is 0 Å². The minimum atomic E-state index is -1.15. The molecule has 3 rings (SSSR count). The van der Waals surface area contributed by atoms with Gasteiger partial charge in [0.25, 0.3) is 5.69 Å². The number of pyridine rings is 1. The molecule has 1 aromatic carbocycles. The van der Waals surface area contributed by atoms with Crippen LogP contribution in [-0.4, -0.2) is 10.7 Å². The van der Waals surface area contributed by atoms with Crippen LogP contribution in [-0.2, 0) is 5.60 Å². The highest BCUT2D eigenvalue weighted by Gasteiger charge is 2.62. The zero-order chi connectivity index (χ0) is 13.7. The molecule has 1 atom stereocenters. The van der Waals surface area contributed by atoms with Gasteiger partial charge in [-0.15, -0.1) is 0 Å². The van der Waals surface area contributed by atoms with Crippen molar-refractivity contribution < 1.29 is 14.7 Å². The summed E-state index contributed by atoms with van der Waals surface area (Å²) < 4.78 is 1.68. The minimum absolute atomic E-state index is 0.727. The molecular weight excluding hydrogens is 238 g/mol. The molecule has 2 heterocycles. The van der Waals surface area contributed by atoms with E-state index in [1.54, 1.807) is 4.73 Å². The molecule has 1 aliphatic heterocycles. The Morgan fingerprint density at radius 3 is 2.42 bits per heavy atom. The Balaban J connectivity index is 2.26. The second-order valence-electron chi connectivity index (χ2n) is 5.60. The quantitative estimate of drug-likeness (QED) is 0.788. The van der Waals surface area contributed by atoms with Gasteiger partial charge in [-0.25, -0.2) is 0 Å². The van der Waals surface area contributed by atoms with Crippen LogP contribution in [0.3, 0.4) is 0 Å². The van der Waals surface area contributed by atoms with Gasteiger partial charge in [-0.2, -0.15) is 0 Å². The molecule has 2 aromatic rings. The molecule has 1 unspecified atom stereocenters. The molecule has 0 saturated heterocycles. The van der Waals surface area contributed by atoms with Gasteiger partial charge in [-0.3, -0.25) is 4.84 Å². The molecule has 0 aliphatic carbocycles. The number of nitrogens with zero attached hydrogens (tertiary/aromatic N) is 1. The van der Waals surface area contributed by atoms with E-state index in [4.69, 9.17) is 4.84 Å². The van der Waals surface area contributed by atoms with Gasteiger partial charge in [0, 0.05) is 16.4 Å². The van der Waals surface area contributed by atoms with Crippen LogP contribution < -0.4 is 9.57 Å². The number of hydrogen-bond donors (Lipinski definition) is 1. The van der Waals surface area contributed by atoms with Gasteiger partial charge in [0.1, 0.15) is 0 Å². The zero-order valence-corrected chi connectivity index (χ0v) is 11.4. The van der Waals surface area contributed by atoms with Crippen LogP contribution >= 0.6 is 0 Å². The predicted molar refractivity (Wildman–Crippen MR) is 71.5 cm³/mol. The Morgan fingerprint density at radius 2 is 1.74 bits per heavy atom. The number of fused-ring (bicyclic) bond motifs is 1. The molecule has 0 radical (unpaired) electrons. The summed E-state index contributed by atoms with van der Waals surface area (Å²) in [6, 6.07) is 13.6. The summed E-state index contributed by atoms with van der Waals surface area (Å²) >= 11 is 0. The predicted octanol–water partition coefficient (Wildman–Crippen LogP) is 1.74. The molecule has 1 aromatic heterocycles. The van der Waals surface area contributed by atoms with E-state index in [9.17, 15) is 5.11 Å². The van der Waals surface area contributed by atoms with Gasteiger partial charge >= 0.3 is 0 Å².